The van der Waals surface area contributed by atoms with Gasteiger partial charge in [0.15, 0.2) is 0 Å². The van der Waals surface area contributed by atoms with Gasteiger partial charge in [-0.05, 0) is 4.93 Å². The van der Waals surface area contributed by atoms with Gasteiger partial charge in [0.25, 0.3) is 0 Å². The van der Waals surface area contributed by atoms with Gasteiger partial charge < -0.3 is 17.0 Å². The summed E-state index contributed by atoms with van der Waals surface area (Å²) >= 11 is 2.15. The third kappa shape index (κ3) is 9.19. The van der Waals surface area contributed by atoms with Crippen LogP contribution in [-0.2, 0) is 0 Å². The molecular weight excluding hydrogens is 226 g/mol. The Morgan fingerprint density at radius 1 is 1.25 bits per heavy atom. The molecule has 0 saturated carbocycles. The number of hydrogen-bond donors (Lipinski definition) is 0. The topological polar surface area (TPSA) is 0 Å². The van der Waals surface area contributed by atoms with Crippen molar-refractivity contribution in [3.05, 3.63) is 0 Å². The molecule has 0 aromatic heterocycles. The molecular formula is CH3BrILi. The zero-order valence-electron chi connectivity index (χ0n) is 2.76. The average Bonchev–Trinajstić information content (AvgIpc) is 1.00. The normalized spacial score (nSPS) is 1.50. The van der Waals surface area contributed by atoms with Crippen molar-refractivity contribution >= 4 is 22.6 Å². The molecule has 0 unspecified atom stereocenters. The predicted molar refractivity (Wildman–Crippen MR) is 19.9 cm³/mol. The van der Waals surface area contributed by atoms with Crippen molar-refractivity contribution in [2.24, 2.45) is 0 Å². The maximum Gasteiger partial charge on any atom is 1.00 e. The Labute approximate surface area is 62.8 Å². The Kier molecular flexibility index (Phi) is 90.8. The van der Waals surface area contributed by atoms with E-state index >= 15 is 0 Å². The maximum absolute atomic E-state index is 2.15. The molecule has 0 radical (unpaired) electrons. The van der Waals surface area contributed by atoms with Crippen LogP contribution in [0.3, 0.4) is 0 Å². The molecule has 22 valence electrons. The molecule has 0 aromatic rings. The largest absolute Gasteiger partial charge is 1.00 e. The van der Waals surface area contributed by atoms with Crippen molar-refractivity contribution < 1.29 is 35.8 Å². The molecule has 0 aliphatic heterocycles. The Morgan fingerprint density at radius 3 is 1.25 bits per heavy atom. The summed E-state index contributed by atoms with van der Waals surface area (Å²) in [5.41, 5.74) is 0. The minimum atomic E-state index is 0. The predicted octanol–water partition coefficient (Wildman–Crippen LogP) is -4.94. The molecule has 0 aliphatic carbocycles. The molecule has 0 heterocycles. The molecule has 0 N–H and O–H groups in total. The molecule has 0 bridgehead atoms. The first kappa shape index (κ1) is 17.0. The van der Waals surface area contributed by atoms with Crippen LogP contribution >= 0.6 is 22.6 Å². The van der Waals surface area contributed by atoms with Gasteiger partial charge in [0.05, 0.1) is 0 Å². The van der Waals surface area contributed by atoms with Crippen LogP contribution in [0.4, 0.5) is 0 Å². The molecule has 0 fully saturated rings. The van der Waals surface area contributed by atoms with Crippen LogP contribution in [-0.4, -0.2) is 4.93 Å². The van der Waals surface area contributed by atoms with Gasteiger partial charge in [-0.25, -0.2) is 0 Å². The first-order valence-electron chi connectivity index (χ1n) is 0.378. The van der Waals surface area contributed by atoms with Gasteiger partial charge >= 0.3 is 18.9 Å². The Morgan fingerprint density at radius 2 is 1.25 bits per heavy atom. The van der Waals surface area contributed by atoms with Gasteiger partial charge in [-0.15, -0.1) is 0 Å². The van der Waals surface area contributed by atoms with E-state index in [-0.39, 0.29) is 35.8 Å². The van der Waals surface area contributed by atoms with E-state index in [9.17, 15) is 0 Å². The first-order valence-corrected chi connectivity index (χ1v) is 2.54. The minimum absolute atomic E-state index is 0. The van der Waals surface area contributed by atoms with Gasteiger partial charge in [0.1, 0.15) is 0 Å². The average molecular weight is 229 g/mol. The van der Waals surface area contributed by atoms with Gasteiger partial charge in [-0.2, -0.15) is 0 Å². The summed E-state index contributed by atoms with van der Waals surface area (Å²) in [6, 6.07) is 0. The molecule has 0 amide bonds. The molecule has 0 aromatic carbocycles. The third-order valence-corrected chi connectivity index (χ3v) is 0. The van der Waals surface area contributed by atoms with Gasteiger partial charge in [-0.1, -0.05) is 22.6 Å². The van der Waals surface area contributed by atoms with E-state index < -0.39 is 0 Å². The summed E-state index contributed by atoms with van der Waals surface area (Å²) in [5, 5.41) is 0. The Balaban J connectivity index is -0.00000000500. The molecule has 0 rings (SSSR count). The van der Waals surface area contributed by atoms with Gasteiger partial charge in [0, 0.05) is 0 Å². The molecule has 0 aliphatic rings. The van der Waals surface area contributed by atoms with Gasteiger partial charge in [-0.3, -0.25) is 0 Å². The summed E-state index contributed by atoms with van der Waals surface area (Å²) in [6.07, 6.45) is 0. The van der Waals surface area contributed by atoms with E-state index in [2.05, 4.69) is 22.6 Å². The van der Waals surface area contributed by atoms with Crippen molar-refractivity contribution in [2.45, 2.75) is 0 Å². The quantitative estimate of drug-likeness (QED) is 0.222. The van der Waals surface area contributed by atoms with E-state index in [0.29, 0.717) is 0 Å². The fourth-order valence-corrected chi connectivity index (χ4v) is 0. The number of hydrogen-bond acceptors (Lipinski definition) is 0. The summed E-state index contributed by atoms with van der Waals surface area (Å²) < 4.78 is 0. The monoisotopic (exact) mass is 228 g/mol. The SMILES string of the molecule is CI.[Br-].[Li+]. The van der Waals surface area contributed by atoms with E-state index in [1.54, 1.807) is 0 Å². The summed E-state index contributed by atoms with van der Waals surface area (Å²) in [5.74, 6) is 0. The second kappa shape index (κ2) is 21.3. The zero-order valence-corrected chi connectivity index (χ0v) is 6.50. The summed E-state index contributed by atoms with van der Waals surface area (Å²) in [6.45, 7) is 0. The van der Waals surface area contributed by atoms with Crippen LogP contribution in [0.15, 0.2) is 0 Å². The Bertz CT molecular complexity index is 8.00. The van der Waals surface area contributed by atoms with Crippen molar-refractivity contribution in [1.29, 1.82) is 0 Å². The fourth-order valence-electron chi connectivity index (χ4n) is 0. The Hall–Kier alpha value is 1.81. The van der Waals surface area contributed by atoms with E-state index in [0.717, 1.165) is 0 Å². The number of alkyl halides is 1. The van der Waals surface area contributed by atoms with Crippen LogP contribution in [0.25, 0.3) is 0 Å². The fraction of sp³-hybridized carbons (Fsp3) is 1.00. The molecule has 0 atom stereocenters. The van der Waals surface area contributed by atoms with Crippen LogP contribution in [0.5, 0.6) is 0 Å². The van der Waals surface area contributed by atoms with E-state index in [1.165, 1.54) is 0 Å². The van der Waals surface area contributed by atoms with Crippen LogP contribution in [0.2, 0.25) is 0 Å². The van der Waals surface area contributed by atoms with Crippen molar-refractivity contribution in [3.8, 4) is 0 Å². The first-order chi connectivity index (χ1) is 1.00. The van der Waals surface area contributed by atoms with Crippen molar-refractivity contribution in [1.82, 2.24) is 0 Å². The third-order valence-electron chi connectivity index (χ3n) is 0. The molecule has 0 spiro atoms. The van der Waals surface area contributed by atoms with Crippen LogP contribution in [0, 0.1) is 0 Å². The van der Waals surface area contributed by atoms with Gasteiger partial charge in [0.2, 0.25) is 0 Å². The van der Waals surface area contributed by atoms with Crippen molar-refractivity contribution in [3.63, 3.8) is 0 Å². The zero-order chi connectivity index (χ0) is 2.00. The number of rotatable bonds is 0. The van der Waals surface area contributed by atoms with Crippen LogP contribution < -0.4 is 35.8 Å². The minimum Gasteiger partial charge on any atom is -1.00 e. The second-order valence-electron chi connectivity index (χ2n) is 0. The summed E-state index contributed by atoms with van der Waals surface area (Å²) in [4.78, 5) is 1.97. The molecule has 0 saturated heterocycles. The van der Waals surface area contributed by atoms with Crippen molar-refractivity contribution in [2.75, 3.05) is 4.93 Å². The smallest absolute Gasteiger partial charge is 1.00 e. The number of halogens is 2. The van der Waals surface area contributed by atoms with Crippen LogP contribution in [0.1, 0.15) is 0 Å². The molecule has 0 nitrogen and oxygen atoms in total. The second-order valence-corrected chi connectivity index (χ2v) is 0. The summed E-state index contributed by atoms with van der Waals surface area (Å²) in [7, 11) is 0. The molecule has 4 heavy (non-hydrogen) atoms. The standard InChI is InChI=1S/CH3I.BrH.Li/c1-2;;/h1H3;1H;/q;;+1/p-1. The molecule has 3 heteroatoms. The van der Waals surface area contributed by atoms with E-state index in [4.69, 9.17) is 0 Å². The maximum atomic E-state index is 2.15. The van der Waals surface area contributed by atoms with E-state index in [1.807, 2.05) is 4.93 Å².